The SMILES string of the molecule is Cc1nc2nc(N[C@@H](C)c3ccccn3)nc(C(=O)N3CCC3)c2s1. The van der Waals surface area contributed by atoms with E-state index in [9.17, 15) is 4.79 Å². The second-order valence-corrected chi connectivity index (χ2v) is 7.25. The number of pyridine rings is 1. The van der Waals surface area contributed by atoms with Crippen LogP contribution in [0.2, 0.25) is 0 Å². The number of nitrogens with one attached hydrogen (secondary N) is 1. The van der Waals surface area contributed by atoms with Gasteiger partial charge in [0.25, 0.3) is 5.91 Å². The smallest absolute Gasteiger partial charge is 0.274 e. The molecule has 128 valence electrons. The zero-order valence-corrected chi connectivity index (χ0v) is 14.9. The molecule has 1 aliphatic rings. The van der Waals surface area contributed by atoms with E-state index in [2.05, 4.69) is 25.3 Å². The van der Waals surface area contributed by atoms with Crippen LogP contribution in [0, 0.1) is 6.92 Å². The number of rotatable bonds is 4. The molecule has 7 nitrogen and oxygen atoms in total. The Balaban J connectivity index is 1.70. The largest absolute Gasteiger partial charge is 0.346 e. The normalized spacial score (nSPS) is 15.0. The monoisotopic (exact) mass is 354 g/mol. The average Bonchev–Trinajstić information content (AvgIpc) is 2.93. The lowest BCUT2D eigenvalue weighted by atomic mass is 10.2. The summed E-state index contributed by atoms with van der Waals surface area (Å²) in [5.41, 5.74) is 1.89. The van der Waals surface area contributed by atoms with Crippen molar-refractivity contribution in [1.29, 1.82) is 0 Å². The predicted molar refractivity (Wildman–Crippen MR) is 96.7 cm³/mol. The highest BCUT2D eigenvalue weighted by molar-refractivity contribution is 7.18. The molecular weight excluding hydrogens is 336 g/mol. The molecular formula is C17H18N6OS. The highest BCUT2D eigenvalue weighted by Gasteiger charge is 2.27. The van der Waals surface area contributed by atoms with Crippen molar-refractivity contribution < 1.29 is 4.79 Å². The summed E-state index contributed by atoms with van der Waals surface area (Å²) in [5, 5.41) is 4.11. The van der Waals surface area contributed by atoms with Gasteiger partial charge in [0.1, 0.15) is 4.70 Å². The molecule has 1 fully saturated rings. The van der Waals surface area contributed by atoms with Gasteiger partial charge in [0, 0.05) is 19.3 Å². The Hall–Kier alpha value is -2.61. The zero-order chi connectivity index (χ0) is 17.4. The molecule has 8 heteroatoms. The van der Waals surface area contributed by atoms with Crippen molar-refractivity contribution in [2.45, 2.75) is 26.3 Å². The fourth-order valence-corrected chi connectivity index (χ4v) is 3.55. The summed E-state index contributed by atoms with van der Waals surface area (Å²) in [6, 6.07) is 5.67. The van der Waals surface area contributed by atoms with Crippen LogP contribution in [-0.4, -0.2) is 43.8 Å². The number of hydrogen-bond acceptors (Lipinski definition) is 7. The van der Waals surface area contributed by atoms with Gasteiger partial charge in [-0.1, -0.05) is 6.07 Å². The van der Waals surface area contributed by atoms with Crippen molar-refractivity contribution in [2.24, 2.45) is 0 Å². The van der Waals surface area contributed by atoms with E-state index >= 15 is 0 Å². The molecule has 3 aromatic rings. The van der Waals surface area contributed by atoms with E-state index in [1.54, 1.807) is 6.20 Å². The molecule has 25 heavy (non-hydrogen) atoms. The van der Waals surface area contributed by atoms with E-state index in [0.29, 0.717) is 17.3 Å². The van der Waals surface area contributed by atoms with Gasteiger partial charge in [-0.3, -0.25) is 9.78 Å². The Bertz CT molecular complexity index is 922. The van der Waals surface area contributed by atoms with Crippen LogP contribution in [-0.2, 0) is 0 Å². The summed E-state index contributed by atoms with van der Waals surface area (Å²) < 4.78 is 0.755. The van der Waals surface area contributed by atoms with Crippen molar-refractivity contribution in [2.75, 3.05) is 18.4 Å². The molecule has 0 spiro atoms. The number of aryl methyl sites for hydroxylation is 1. The fraction of sp³-hybridized carbons (Fsp3) is 0.353. The number of nitrogens with zero attached hydrogens (tertiary/aromatic N) is 5. The van der Waals surface area contributed by atoms with Crippen molar-refractivity contribution in [3.05, 3.63) is 40.8 Å². The van der Waals surface area contributed by atoms with Crippen LogP contribution >= 0.6 is 11.3 Å². The van der Waals surface area contributed by atoms with Gasteiger partial charge < -0.3 is 10.2 Å². The highest BCUT2D eigenvalue weighted by Crippen LogP contribution is 2.27. The minimum Gasteiger partial charge on any atom is -0.346 e. The number of aromatic nitrogens is 4. The van der Waals surface area contributed by atoms with Gasteiger partial charge in [-0.2, -0.15) is 4.98 Å². The Labute approximate surface area is 149 Å². The quantitative estimate of drug-likeness (QED) is 0.776. The second kappa shape index (κ2) is 6.36. The first-order valence-electron chi connectivity index (χ1n) is 8.24. The molecule has 0 bridgehead atoms. The van der Waals surface area contributed by atoms with Crippen LogP contribution < -0.4 is 5.32 Å². The average molecular weight is 354 g/mol. The first-order valence-corrected chi connectivity index (χ1v) is 9.05. The predicted octanol–water partition coefficient (Wildman–Crippen LogP) is 2.81. The van der Waals surface area contributed by atoms with Crippen LogP contribution in [0.1, 0.15) is 40.6 Å². The first-order chi connectivity index (χ1) is 12.1. The molecule has 1 N–H and O–H groups in total. The summed E-state index contributed by atoms with van der Waals surface area (Å²) in [5.74, 6) is 0.357. The lowest BCUT2D eigenvalue weighted by molar-refractivity contribution is 0.0648. The van der Waals surface area contributed by atoms with E-state index in [-0.39, 0.29) is 11.9 Å². The second-order valence-electron chi connectivity index (χ2n) is 6.05. The van der Waals surface area contributed by atoms with Gasteiger partial charge in [-0.25, -0.2) is 9.97 Å². The van der Waals surface area contributed by atoms with Crippen molar-refractivity contribution in [3.63, 3.8) is 0 Å². The maximum Gasteiger partial charge on any atom is 0.274 e. The maximum absolute atomic E-state index is 12.7. The van der Waals surface area contributed by atoms with Crippen LogP contribution in [0.25, 0.3) is 10.3 Å². The third-order valence-corrected chi connectivity index (χ3v) is 5.15. The molecule has 1 aliphatic heterocycles. The van der Waals surface area contributed by atoms with Crippen LogP contribution in [0.5, 0.6) is 0 Å². The Morgan fingerprint density at radius 2 is 2.12 bits per heavy atom. The van der Waals surface area contributed by atoms with Gasteiger partial charge in [0.05, 0.1) is 16.7 Å². The molecule has 0 saturated carbocycles. The third-order valence-electron chi connectivity index (χ3n) is 4.18. The van der Waals surface area contributed by atoms with Crippen molar-refractivity contribution >= 4 is 33.5 Å². The molecule has 0 aromatic carbocycles. The maximum atomic E-state index is 12.7. The minimum absolute atomic E-state index is 0.0455. The van der Waals surface area contributed by atoms with E-state index in [4.69, 9.17) is 0 Å². The number of hydrogen-bond donors (Lipinski definition) is 1. The summed E-state index contributed by atoms with van der Waals surface area (Å²) >= 11 is 1.46. The summed E-state index contributed by atoms with van der Waals surface area (Å²) in [7, 11) is 0. The molecule has 1 atom stereocenters. The van der Waals surface area contributed by atoms with Crippen molar-refractivity contribution in [3.8, 4) is 0 Å². The molecule has 3 aromatic heterocycles. The van der Waals surface area contributed by atoms with Gasteiger partial charge in [-0.05, 0) is 32.4 Å². The van der Waals surface area contributed by atoms with E-state index in [1.165, 1.54) is 11.3 Å². The Morgan fingerprint density at radius 1 is 1.28 bits per heavy atom. The zero-order valence-electron chi connectivity index (χ0n) is 14.1. The summed E-state index contributed by atoms with van der Waals surface area (Å²) in [6.07, 6.45) is 2.80. The molecule has 0 radical (unpaired) electrons. The molecule has 4 heterocycles. The molecule has 4 rings (SSSR count). The summed E-state index contributed by atoms with van der Waals surface area (Å²) in [6.45, 7) is 5.47. The van der Waals surface area contributed by atoms with Gasteiger partial charge in [0.15, 0.2) is 11.3 Å². The topological polar surface area (TPSA) is 83.9 Å². The fourth-order valence-electron chi connectivity index (χ4n) is 2.71. The van der Waals surface area contributed by atoms with Crippen LogP contribution in [0.4, 0.5) is 5.95 Å². The van der Waals surface area contributed by atoms with E-state index < -0.39 is 0 Å². The van der Waals surface area contributed by atoms with Crippen molar-refractivity contribution in [1.82, 2.24) is 24.8 Å². The first kappa shape index (κ1) is 15.9. The van der Waals surface area contributed by atoms with Gasteiger partial charge >= 0.3 is 0 Å². The lowest BCUT2D eigenvalue weighted by Gasteiger charge is -2.30. The lowest BCUT2D eigenvalue weighted by Crippen LogP contribution is -2.42. The molecule has 1 saturated heterocycles. The number of thiazole rings is 1. The van der Waals surface area contributed by atoms with Crippen LogP contribution in [0.3, 0.4) is 0 Å². The number of likely N-dealkylation sites (tertiary alicyclic amines) is 1. The molecule has 0 aliphatic carbocycles. The summed E-state index contributed by atoms with van der Waals surface area (Å²) in [4.78, 5) is 32.3. The minimum atomic E-state index is -0.0784. The Morgan fingerprint density at radius 3 is 2.80 bits per heavy atom. The van der Waals surface area contributed by atoms with Gasteiger partial charge in [0.2, 0.25) is 5.95 Å². The molecule has 1 amide bonds. The van der Waals surface area contributed by atoms with E-state index in [1.807, 2.05) is 36.9 Å². The number of fused-ring (bicyclic) bond motifs is 1. The Kier molecular flexibility index (Phi) is 4.04. The third kappa shape index (κ3) is 3.05. The number of anilines is 1. The highest BCUT2D eigenvalue weighted by atomic mass is 32.1. The standard InChI is InChI=1S/C17H18N6OS/c1-10(12-6-3-4-7-18-12)19-17-21-13(16(24)23-8-5-9-23)14-15(22-17)20-11(2)25-14/h3-4,6-7,10H,5,8-9H2,1-2H3,(H,19,21,22)/t10-/m0/s1. The van der Waals surface area contributed by atoms with Gasteiger partial charge in [-0.15, -0.1) is 11.3 Å². The van der Waals surface area contributed by atoms with Crippen LogP contribution in [0.15, 0.2) is 24.4 Å². The number of carbonyl (C=O) groups is 1. The number of amides is 1. The van der Waals surface area contributed by atoms with E-state index in [0.717, 1.165) is 34.9 Å². The molecule has 0 unspecified atom stereocenters. The number of carbonyl (C=O) groups excluding carboxylic acids is 1.